The van der Waals surface area contributed by atoms with Crippen molar-refractivity contribution >= 4 is 39.1 Å². The van der Waals surface area contributed by atoms with E-state index >= 15 is 0 Å². The van der Waals surface area contributed by atoms with Gasteiger partial charge in [-0.15, -0.1) is 0 Å². The summed E-state index contributed by atoms with van der Waals surface area (Å²) in [5, 5.41) is 0. The summed E-state index contributed by atoms with van der Waals surface area (Å²) in [4.78, 5) is 16.1. The van der Waals surface area contributed by atoms with Crippen LogP contribution in [-0.4, -0.2) is 11.7 Å². The molecule has 20 heavy (non-hydrogen) atoms. The number of aliphatic imine (C=N–C) groups is 1. The van der Waals surface area contributed by atoms with Crippen molar-refractivity contribution in [2.75, 3.05) is 0 Å². The molecular formula is C16H10BrNO2. The summed E-state index contributed by atoms with van der Waals surface area (Å²) in [6, 6.07) is 16.9. The lowest BCUT2D eigenvalue weighted by molar-refractivity contribution is -0.128. The molecule has 3 nitrogen and oxygen atoms in total. The van der Waals surface area contributed by atoms with Crippen LogP contribution in [0.3, 0.4) is 0 Å². The lowest BCUT2D eigenvalue weighted by atomic mass is 10.2. The molecule has 0 saturated heterocycles. The largest absolute Gasteiger partial charge is 0.421 e. The van der Waals surface area contributed by atoms with E-state index < -0.39 is 5.97 Å². The Morgan fingerprint density at radius 1 is 0.950 bits per heavy atom. The van der Waals surface area contributed by atoms with Gasteiger partial charge in [-0.1, -0.05) is 46.3 Å². The SMILES string of the molecule is O=C1OC(c2ccccc2)=CC1=Nc1ccc(Br)cc1. The van der Waals surface area contributed by atoms with Crippen LogP contribution in [0.4, 0.5) is 5.69 Å². The van der Waals surface area contributed by atoms with E-state index in [9.17, 15) is 4.79 Å². The van der Waals surface area contributed by atoms with Gasteiger partial charge in [0.25, 0.3) is 0 Å². The molecule has 0 fully saturated rings. The van der Waals surface area contributed by atoms with Gasteiger partial charge in [0.1, 0.15) is 5.76 Å². The lowest BCUT2D eigenvalue weighted by Crippen LogP contribution is -2.06. The molecule has 0 aromatic heterocycles. The number of cyclic esters (lactones) is 1. The van der Waals surface area contributed by atoms with E-state index in [1.54, 1.807) is 6.08 Å². The Kier molecular flexibility index (Phi) is 3.48. The van der Waals surface area contributed by atoms with Crippen LogP contribution >= 0.6 is 15.9 Å². The summed E-state index contributed by atoms with van der Waals surface area (Å²) in [6.45, 7) is 0. The van der Waals surface area contributed by atoms with E-state index in [2.05, 4.69) is 20.9 Å². The maximum atomic E-state index is 11.8. The predicted molar refractivity (Wildman–Crippen MR) is 81.7 cm³/mol. The third-order valence-electron chi connectivity index (χ3n) is 2.81. The number of hydrogen-bond donors (Lipinski definition) is 0. The van der Waals surface area contributed by atoms with Crippen LogP contribution in [0.5, 0.6) is 0 Å². The number of halogens is 1. The van der Waals surface area contributed by atoms with Crippen LogP contribution in [0, 0.1) is 0 Å². The van der Waals surface area contributed by atoms with Crippen LogP contribution in [0.15, 0.2) is 70.1 Å². The van der Waals surface area contributed by atoms with E-state index in [0.717, 1.165) is 10.0 Å². The van der Waals surface area contributed by atoms with Crippen molar-refractivity contribution in [1.82, 2.24) is 0 Å². The Labute approximate surface area is 124 Å². The summed E-state index contributed by atoms with van der Waals surface area (Å²) in [5.74, 6) is 0.109. The summed E-state index contributed by atoms with van der Waals surface area (Å²) in [5.41, 5.74) is 1.89. The van der Waals surface area contributed by atoms with Gasteiger partial charge in [0.2, 0.25) is 0 Å². The fraction of sp³-hybridized carbons (Fsp3) is 0. The molecule has 0 unspecified atom stereocenters. The topological polar surface area (TPSA) is 38.7 Å². The summed E-state index contributed by atoms with van der Waals surface area (Å²) in [6.07, 6.45) is 1.67. The first-order valence-electron chi connectivity index (χ1n) is 6.06. The second kappa shape index (κ2) is 5.43. The van der Waals surface area contributed by atoms with Gasteiger partial charge in [0.15, 0.2) is 5.71 Å². The Hall–Kier alpha value is -2.20. The number of nitrogens with zero attached hydrogens (tertiary/aromatic N) is 1. The van der Waals surface area contributed by atoms with E-state index in [0.29, 0.717) is 17.2 Å². The molecule has 0 bridgehead atoms. The maximum absolute atomic E-state index is 11.8. The maximum Gasteiger partial charge on any atom is 0.362 e. The molecule has 0 radical (unpaired) electrons. The van der Waals surface area contributed by atoms with Crippen molar-refractivity contribution in [3.05, 3.63) is 70.7 Å². The molecule has 1 aliphatic rings. The van der Waals surface area contributed by atoms with Crippen molar-refractivity contribution in [3.63, 3.8) is 0 Å². The van der Waals surface area contributed by atoms with Crippen LogP contribution in [0.2, 0.25) is 0 Å². The molecule has 0 N–H and O–H groups in total. The molecule has 0 amide bonds. The molecule has 1 heterocycles. The van der Waals surface area contributed by atoms with Crippen molar-refractivity contribution in [3.8, 4) is 0 Å². The number of carbonyl (C=O) groups excluding carboxylic acids is 1. The minimum Gasteiger partial charge on any atom is -0.421 e. The van der Waals surface area contributed by atoms with Gasteiger partial charge in [-0.2, -0.15) is 0 Å². The van der Waals surface area contributed by atoms with Crippen LogP contribution in [-0.2, 0) is 9.53 Å². The fourth-order valence-corrected chi connectivity index (χ4v) is 2.11. The highest BCUT2D eigenvalue weighted by atomic mass is 79.9. The lowest BCUT2D eigenvalue weighted by Gasteiger charge is -1.99. The Morgan fingerprint density at radius 2 is 1.65 bits per heavy atom. The fourth-order valence-electron chi connectivity index (χ4n) is 1.84. The second-order valence-corrected chi connectivity index (χ2v) is 5.15. The number of hydrogen-bond acceptors (Lipinski definition) is 3. The van der Waals surface area contributed by atoms with Gasteiger partial charge < -0.3 is 4.74 Å². The van der Waals surface area contributed by atoms with Crippen LogP contribution < -0.4 is 0 Å². The molecule has 98 valence electrons. The van der Waals surface area contributed by atoms with Gasteiger partial charge in [0, 0.05) is 16.1 Å². The molecule has 0 saturated carbocycles. The van der Waals surface area contributed by atoms with E-state index in [4.69, 9.17) is 4.74 Å². The zero-order chi connectivity index (χ0) is 13.9. The quantitative estimate of drug-likeness (QED) is 0.778. The van der Waals surface area contributed by atoms with Crippen LogP contribution in [0.1, 0.15) is 5.56 Å². The molecule has 0 atom stereocenters. The molecule has 3 rings (SSSR count). The third-order valence-corrected chi connectivity index (χ3v) is 3.34. The molecule has 4 heteroatoms. The molecule has 0 aliphatic carbocycles. The number of rotatable bonds is 2. The van der Waals surface area contributed by atoms with E-state index in [1.807, 2.05) is 54.6 Å². The van der Waals surface area contributed by atoms with Gasteiger partial charge in [-0.25, -0.2) is 9.79 Å². The Balaban J connectivity index is 1.92. The molecule has 1 aliphatic heterocycles. The summed E-state index contributed by atoms with van der Waals surface area (Å²) >= 11 is 3.36. The zero-order valence-electron chi connectivity index (χ0n) is 10.4. The van der Waals surface area contributed by atoms with Crippen molar-refractivity contribution < 1.29 is 9.53 Å². The minimum absolute atomic E-state index is 0.311. The molecule has 2 aromatic rings. The second-order valence-electron chi connectivity index (χ2n) is 4.24. The number of ether oxygens (including phenoxy) is 1. The summed E-state index contributed by atoms with van der Waals surface area (Å²) in [7, 11) is 0. The first-order valence-corrected chi connectivity index (χ1v) is 6.85. The normalized spacial score (nSPS) is 16.1. The first-order chi connectivity index (χ1) is 9.72. The standard InChI is InChI=1S/C16H10BrNO2/c17-12-6-8-13(9-7-12)18-14-10-15(20-16(14)19)11-4-2-1-3-5-11/h1-10H. The number of esters is 1. The van der Waals surface area contributed by atoms with Crippen molar-refractivity contribution in [2.45, 2.75) is 0 Å². The Morgan fingerprint density at radius 3 is 2.35 bits per heavy atom. The van der Waals surface area contributed by atoms with Gasteiger partial charge in [-0.3, -0.25) is 0 Å². The first kappa shape index (κ1) is 12.8. The minimum atomic E-state index is -0.424. The smallest absolute Gasteiger partial charge is 0.362 e. The van der Waals surface area contributed by atoms with Crippen molar-refractivity contribution in [1.29, 1.82) is 0 Å². The number of carbonyl (C=O) groups is 1. The highest BCUT2D eigenvalue weighted by molar-refractivity contribution is 9.10. The third kappa shape index (κ3) is 2.70. The molecule has 0 spiro atoms. The average molecular weight is 328 g/mol. The number of benzene rings is 2. The average Bonchev–Trinajstić information content (AvgIpc) is 2.84. The molecule has 2 aromatic carbocycles. The van der Waals surface area contributed by atoms with Crippen LogP contribution in [0.25, 0.3) is 5.76 Å². The monoisotopic (exact) mass is 327 g/mol. The van der Waals surface area contributed by atoms with Gasteiger partial charge >= 0.3 is 5.97 Å². The van der Waals surface area contributed by atoms with Gasteiger partial charge in [0.05, 0.1) is 5.69 Å². The zero-order valence-corrected chi connectivity index (χ0v) is 12.0. The van der Waals surface area contributed by atoms with Gasteiger partial charge in [-0.05, 0) is 24.3 Å². The van der Waals surface area contributed by atoms with E-state index in [-0.39, 0.29) is 0 Å². The summed E-state index contributed by atoms with van der Waals surface area (Å²) < 4.78 is 6.21. The Bertz CT molecular complexity index is 703. The van der Waals surface area contributed by atoms with E-state index in [1.165, 1.54) is 0 Å². The predicted octanol–water partition coefficient (Wildman–Crippen LogP) is 4.12. The highest BCUT2D eigenvalue weighted by Crippen LogP contribution is 2.24. The highest BCUT2D eigenvalue weighted by Gasteiger charge is 2.23. The van der Waals surface area contributed by atoms with Crippen molar-refractivity contribution in [2.24, 2.45) is 4.99 Å². The molecular weight excluding hydrogens is 318 g/mol.